The van der Waals surface area contributed by atoms with Crippen LogP contribution in [-0.4, -0.2) is 60.8 Å². The molecular formula is C12H26N2O. The molecule has 0 spiro atoms. The first-order valence-corrected chi connectivity index (χ1v) is 6.31. The molecule has 1 saturated heterocycles. The van der Waals surface area contributed by atoms with Gasteiger partial charge < -0.3 is 14.9 Å². The summed E-state index contributed by atoms with van der Waals surface area (Å²) in [6.07, 6.45) is 4.69. The number of nitrogens with zero attached hydrogens (tertiary/aromatic N) is 2. The summed E-state index contributed by atoms with van der Waals surface area (Å²) in [5, 5.41) is 8.73. The Kier molecular flexibility index (Phi) is 6.22. The Morgan fingerprint density at radius 1 is 1.27 bits per heavy atom. The average molecular weight is 214 g/mol. The molecule has 0 aromatic rings. The Morgan fingerprint density at radius 3 is 2.47 bits per heavy atom. The van der Waals surface area contributed by atoms with Gasteiger partial charge in [0, 0.05) is 12.6 Å². The van der Waals surface area contributed by atoms with Crippen molar-refractivity contribution in [2.75, 3.05) is 39.8 Å². The molecule has 0 atom stereocenters. The molecule has 1 N–H and O–H groups in total. The molecule has 0 saturated carbocycles. The molecule has 1 heterocycles. The average Bonchev–Trinajstić information content (AvgIpc) is 2.29. The van der Waals surface area contributed by atoms with Crippen molar-refractivity contribution in [3.63, 3.8) is 0 Å². The van der Waals surface area contributed by atoms with Crippen LogP contribution in [0.15, 0.2) is 0 Å². The van der Waals surface area contributed by atoms with Crippen LogP contribution in [0, 0.1) is 0 Å². The lowest BCUT2D eigenvalue weighted by atomic mass is 10.0. The first-order valence-electron chi connectivity index (χ1n) is 6.31. The van der Waals surface area contributed by atoms with Gasteiger partial charge in [0.25, 0.3) is 0 Å². The molecule has 1 aliphatic rings. The number of hydrogen-bond donors (Lipinski definition) is 1. The Balaban J connectivity index is 2.15. The number of unbranched alkanes of at least 4 members (excludes halogenated alkanes) is 1. The van der Waals surface area contributed by atoms with E-state index in [1.165, 1.54) is 32.5 Å². The highest BCUT2D eigenvalue weighted by atomic mass is 16.2. The molecule has 0 aliphatic carbocycles. The summed E-state index contributed by atoms with van der Waals surface area (Å²) in [7, 11) is 2.23. The number of hydrogen-bond acceptors (Lipinski definition) is 3. The molecule has 0 bridgehead atoms. The van der Waals surface area contributed by atoms with Crippen LogP contribution < -0.4 is 0 Å². The van der Waals surface area contributed by atoms with Gasteiger partial charge in [0.05, 0.1) is 0 Å². The molecular weight excluding hydrogens is 188 g/mol. The van der Waals surface area contributed by atoms with E-state index in [1.807, 2.05) is 0 Å². The van der Waals surface area contributed by atoms with Crippen molar-refractivity contribution >= 4 is 0 Å². The van der Waals surface area contributed by atoms with Crippen molar-refractivity contribution in [2.45, 2.75) is 38.6 Å². The lowest BCUT2D eigenvalue weighted by Crippen LogP contribution is -2.43. The first-order chi connectivity index (χ1) is 7.27. The fraction of sp³-hybridized carbons (Fsp3) is 1.00. The number of aliphatic hydroxyl groups is 1. The van der Waals surface area contributed by atoms with Crippen molar-refractivity contribution in [3.05, 3.63) is 0 Å². The first kappa shape index (κ1) is 12.9. The van der Waals surface area contributed by atoms with Crippen LogP contribution in [0.25, 0.3) is 0 Å². The van der Waals surface area contributed by atoms with Crippen LogP contribution in [0.1, 0.15) is 32.6 Å². The summed E-state index contributed by atoms with van der Waals surface area (Å²) in [4.78, 5) is 5.00. The van der Waals surface area contributed by atoms with Crippen molar-refractivity contribution in [1.29, 1.82) is 0 Å². The monoisotopic (exact) mass is 214 g/mol. The highest BCUT2D eigenvalue weighted by molar-refractivity contribution is 4.77. The van der Waals surface area contributed by atoms with Crippen LogP contribution in [0.3, 0.4) is 0 Å². The quantitative estimate of drug-likeness (QED) is 0.673. The molecule has 1 rings (SSSR count). The third kappa shape index (κ3) is 4.49. The zero-order valence-electron chi connectivity index (χ0n) is 10.3. The van der Waals surface area contributed by atoms with E-state index in [9.17, 15) is 0 Å². The Morgan fingerprint density at radius 2 is 1.93 bits per heavy atom. The van der Waals surface area contributed by atoms with Crippen LogP contribution in [-0.2, 0) is 0 Å². The van der Waals surface area contributed by atoms with Gasteiger partial charge in [-0.2, -0.15) is 0 Å². The van der Waals surface area contributed by atoms with Gasteiger partial charge in [-0.15, -0.1) is 0 Å². The molecule has 0 aromatic carbocycles. The molecule has 90 valence electrons. The van der Waals surface area contributed by atoms with E-state index in [0.717, 1.165) is 25.4 Å². The Hall–Kier alpha value is -0.120. The molecule has 0 radical (unpaired) electrons. The van der Waals surface area contributed by atoms with E-state index in [-0.39, 0.29) is 0 Å². The van der Waals surface area contributed by atoms with Gasteiger partial charge >= 0.3 is 0 Å². The van der Waals surface area contributed by atoms with Gasteiger partial charge in [-0.1, -0.05) is 6.92 Å². The lowest BCUT2D eigenvalue weighted by Gasteiger charge is -2.36. The second-order valence-corrected chi connectivity index (χ2v) is 4.58. The zero-order valence-corrected chi connectivity index (χ0v) is 10.3. The van der Waals surface area contributed by atoms with Gasteiger partial charge in [-0.05, 0) is 58.9 Å². The Labute approximate surface area is 94.1 Å². The Bertz CT molecular complexity index is 156. The van der Waals surface area contributed by atoms with Crippen molar-refractivity contribution < 1.29 is 5.11 Å². The third-order valence-electron chi connectivity index (χ3n) is 3.55. The number of aliphatic hydroxyl groups excluding tert-OH is 1. The summed E-state index contributed by atoms with van der Waals surface area (Å²) in [6, 6.07) is 0.770. The van der Waals surface area contributed by atoms with Crippen molar-refractivity contribution in [1.82, 2.24) is 9.80 Å². The minimum Gasteiger partial charge on any atom is -0.396 e. The molecule has 0 amide bonds. The van der Waals surface area contributed by atoms with E-state index in [1.54, 1.807) is 0 Å². The standard InChI is InChI=1S/C12H26N2O/c1-3-14-9-6-12(7-10-14)13(2)8-4-5-11-15/h12,15H,3-11H2,1-2H3. The number of likely N-dealkylation sites (tertiary alicyclic amines) is 1. The maximum absolute atomic E-state index is 8.73. The van der Waals surface area contributed by atoms with Gasteiger partial charge in [0.15, 0.2) is 0 Å². The summed E-state index contributed by atoms with van der Waals surface area (Å²) in [6.45, 7) is 7.42. The smallest absolute Gasteiger partial charge is 0.0431 e. The maximum Gasteiger partial charge on any atom is 0.0431 e. The van der Waals surface area contributed by atoms with E-state index in [0.29, 0.717) is 6.61 Å². The third-order valence-corrected chi connectivity index (χ3v) is 3.55. The van der Waals surface area contributed by atoms with Crippen LogP contribution >= 0.6 is 0 Å². The summed E-state index contributed by atoms with van der Waals surface area (Å²) in [5.41, 5.74) is 0. The number of rotatable bonds is 6. The molecule has 0 unspecified atom stereocenters. The largest absolute Gasteiger partial charge is 0.396 e. The molecule has 3 heteroatoms. The van der Waals surface area contributed by atoms with Gasteiger partial charge in [-0.25, -0.2) is 0 Å². The molecule has 1 aliphatic heterocycles. The second kappa shape index (κ2) is 7.20. The fourth-order valence-electron chi connectivity index (χ4n) is 2.33. The van der Waals surface area contributed by atoms with Gasteiger partial charge in [0.1, 0.15) is 0 Å². The SMILES string of the molecule is CCN1CCC(N(C)CCCCO)CC1. The van der Waals surface area contributed by atoms with Gasteiger partial charge in [-0.3, -0.25) is 0 Å². The predicted molar refractivity (Wildman–Crippen MR) is 64.1 cm³/mol. The van der Waals surface area contributed by atoms with Crippen molar-refractivity contribution in [2.24, 2.45) is 0 Å². The minimum atomic E-state index is 0.335. The second-order valence-electron chi connectivity index (χ2n) is 4.58. The van der Waals surface area contributed by atoms with Crippen LogP contribution in [0.5, 0.6) is 0 Å². The van der Waals surface area contributed by atoms with E-state index in [2.05, 4.69) is 23.8 Å². The molecule has 1 fully saturated rings. The van der Waals surface area contributed by atoms with Crippen LogP contribution in [0.2, 0.25) is 0 Å². The normalized spacial score (nSPS) is 20.0. The lowest BCUT2D eigenvalue weighted by molar-refractivity contribution is 0.128. The van der Waals surface area contributed by atoms with Gasteiger partial charge in [0.2, 0.25) is 0 Å². The van der Waals surface area contributed by atoms with E-state index in [4.69, 9.17) is 5.11 Å². The topological polar surface area (TPSA) is 26.7 Å². The van der Waals surface area contributed by atoms with E-state index < -0.39 is 0 Å². The zero-order chi connectivity index (χ0) is 11.1. The minimum absolute atomic E-state index is 0.335. The highest BCUT2D eigenvalue weighted by Gasteiger charge is 2.20. The number of piperidine rings is 1. The summed E-state index contributed by atoms with van der Waals surface area (Å²) in [5.74, 6) is 0. The summed E-state index contributed by atoms with van der Waals surface area (Å²) >= 11 is 0. The molecule has 15 heavy (non-hydrogen) atoms. The van der Waals surface area contributed by atoms with Crippen molar-refractivity contribution in [3.8, 4) is 0 Å². The van der Waals surface area contributed by atoms with Crippen LogP contribution in [0.4, 0.5) is 0 Å². The fourth-order valence-corrected chi connectivity index (χ4v) is 2.33. The summed E-state index contributed by atoms with van der Waals surface area (Å²) < 4.78 is 0. The highest BCUT2D eigenvalue weighted by Crippen LogP contribution is 2.15. The molecule has 0 aromatic heterocycles. The maximum atomic E-state index is 8.73. The molecule has 3 nitrogen and oxygen atoms in total. The van der Waals surface area contributed by atoms with E-state index >= 15 is 0 Å². The predicted octanol–water partition coefficient (Wildman–Crippen LogP) is 1.17.